The van der Waals surface area contributed by atoms with Crippen molar-refractivity contribution in [1.82, 2.24) is 10.3 Å². The number of nitrogens with zero attached hydrogens (tertiary/aromatic N) is 1. The third-order valence-corrected chi connectivity index (χ3v) is 4.77. The Balaban J connectivity index is 1.67. The second-order valence-electron chi connectivity index (χ2n) is 6.31. The van der Waals surface area contributed by atoms with Crippen molar-refractivity contribution in [1.29, 1.82) is 0 Å². The van der Waals surface area contributed by atoms with Crippen molar-refractivity contribution in [2.75, 3.05) is 13.7 Å². The van der Waals surface area contributed by atoms with E-state index in [1.165, 1.54) is 0 Å². The molecule has 1 aliphatic rings. The number of carbonyl (C=O) groups is 1. The van der Waals surface area contributed by atoms with Crippen LogP contribution in [0.2, 0.25) is 5.02 Å². The second kappa shape index (κ2) is 8.38. The molecule has 0 bridgehead atoms. The highest BCUT2D eigenvalue weighted by Crippen LogP contribution is 2.38. The Kier molecular flexibility index (Phi) is 5.96. The zero-order valence-electron chi connectivity index (χ0n) is 14.4. The van der Waals surface area contributed by atoms with E-state index in [-0.39, 0.29) is 30.6 Å². The number of hydrogen-bond donors (Lipinski definition) is 2. The van der Waals surface area contributed by atoms with Crippen LogP contribution in [-0.4, -0.2) is 35.8 Å². The largest absolute Gasteiger partial charge is 0.495 e. The van der Waals surface area contributed by atoms with Gasteiger partial charge in [-0.1, -0.05) is 23.7 Å². The van der Waals surface area contributed by atoms with Crippen molar-refractivity contribution in [3.8, 4) is 11.5 Å². The molecule has 2 N–H and O–H groups in total. The average molecular weight is 377 g/mol. The minimum atomic E-state index is -0.322. The van der Waals surface area contributed by atoms with Gasteiger partial charge in [-0.2, -0.15) is 0 Å². The predicted octanol–water partition coefficient (Wildman–Crippen LogP) is 2.75. The van der Waals surface area contributed by atoms with Crippen LogP contribution >= 0.6 is 11.6 Å². The summed E-state index contributed by atoms with van der Waals surface area (Å²) in [7, 11) is 1.57. The van der Waals surface area contributed by atoms with Gasteiger partial charge < -0.3 is 19.9 Å². The quantitative estimate of drug-likeness (QED) is 0.776. The molecule has 26 heavy (non-hydrogen) atoms. The fourth-order valence-corrected chi connectivity index (χ4v) is 3.20. The summed E-state index contributed by atoms with van der Waals surface area (Å²) in [5.74, 6) is 0.958. The van der Waals surface area contributed by atoms with Gasteiger partial charge in [0.1, 0.15) is 11.5 Å². The normalized spacial score (nSPS) is 20.0. The van der Waals surface area contributed by atoms with Gasteiger partial charge in [-0.15, -0.1) is 0 Å². The number of pyridine rings is 1. The molecule has 1 atom stereocenters. The number of rotatable bonds is 7. The SMILES string of the molecule is COc1cncc(C(NC(=O)COc2ccccc2Cl)C2CC(O)C2)c1. The van der Waals surface area contributed by atoms with Gasteiger partial charge in [-0.3, -0.25) is 9.78 Å². The summed E-state index contributed by atoms with van der Waals surface area (Å²) < 4.78 is 10.7. The summed E-state index contributed by atoms with van der Waals surface area (Å²) in [6.07, 6.45) is 4.25. The van der Waals surface area contributed by atoms with Crippen LogP contribution in [0, 0.1) is 5.92 Å². The van der Waals surface area contributed by atoms with Gasteiger partial charge in [-0.25, -0.2) is 0 Å². The molecule has 1 heterocycles. The van der Waals surface area contributed by atoms with E-state index in [0.29, 0.717) is 29.4 Å². The van der Waals surface area contributed by atoms with Crippen molar-refractivity contribution in [3.63, 3.8) is 0 Å². The Hall–Kier alpha value is -2.31. The van der Waals surface area contributed by atoms with Crippen molar-refractivity contribution in [2.24, 2.45) is 5.92 Å². The van der Waals surface area contributed by atoms with E-state index in [1.54, 1.807) is 43.8 Å². The number of halogens is 1. The van der Waals surface area contributed by atoms with Crippen LogP contribution in [0.4, 0.5) is 0 Å². The van der Waals surface area contributed by atoms with Crippen LogP contribution in [0.1, 0.15) is 24.4 Å². The second-order valence-corrected chi connectivity index (χ2v) is 6.71. The maximum atomic E-state index is 12.4. The highest BCUT2D eigenvalue weighted by Gasteiger charge is 2.36. The molecule has 1 aliphatic carbocycles. The Bertz CT molecular complexity index is 765. The molecule has 6 nitrogen and oxygen atoms in total. The Morgan fingerprint density at radius 3 is 2.85 bits per heavy atom. The monoisotopic (exact) mass is 376 g/mol. The average Bonchev–Trinajstić information content (AvgIpc) is 2.63. The van der Waals surface area contributed by atoms with Gasteiger partial charge >= 0.3 is 0 Å². The van der Waals surface area contributed by atoms with Crippen LogP contribution in [0.25, 0.3) is 0 Å². The number of para-hydroxylation sites is 1. The smallest absolute Gasteiger partial charge is 0.258 e. The molecule has 1 saturated carbocycles. The lowest BCUT2D eigenvalue weighted by Crippen LogP contribution is -2.42. The molecule has 0 radical (unpaired) electrons. The molecule has 0 saturated heterocycles. The third-order valence-electron chi connectivity index (χ3n) is 4.46. The fourth-order valence-electron chi connectivity index (χ4n) is 3.01. The number of aromatic nitrogens is 1. The third kappa shape index (κ3) is 4.45. The molecule has 1 fully saturated rings. The van der Waals surface area contributed by atoms with Gasteiger partial charge in [0.25, 0.3) is 5.91 Å². The van der Waals surface area contributed by atoms with Crippen molar-refractivity contribution >= 4 is 17.5 Å². The number of nitrogens with one attached hydrogen (secondary N) is 1. The lowest BCUT2D eigenvalue weighted by Gasteiger charge is -2.38. The molecule has 1 aromatic carbocycles. The minimum Gasteiger partial charge on any atom is -0.495 e. The van der Waals surface area contributed by atoms with Crippen molar-refractivity contribution in [2.45, 2.75) is 25.0 Å². The van der Waals surface area contributed by atoms with Crippen molar-refractivity contribution < 1.29 is 19.4 Å². The number of benzene rings is 1. The summed E-state index contributed by atoms with van der Waals surface area (Å²) in [6, 6.07) is 8.58. The molecule has 2 aromatic rings. The molecule has 138 valence electrons. The molecule has 0 spiro atoms. The van der Waals surface area contributed by atoms with E-state index < -0.39 is 0 Å². The lowest BCUT2D eigenvalue weighted by atomic mass is 9.75. The van der Waals surface area contributed by atoms with E-state index in [2.05, 4.69) is 10.3 Å². The number of amides is 1. The summed E-state index contributed by atoms with van der Waals surface area (Å²) in [5.41, 5.74) is 0.840. The van der Waals surface area contributed by atoms with E-state index in [0.717, 1.165) is 5.56 Å². The number of aliphatic hydroxyl groups excluding tert-OH is 1. The zero-order chi connectivity index (χ0) is 18.5. The van der Waals surface area contributed by atoms with Crippen LogP contribution in [-0.2, 0) is 4.79 Å². The Morgan fingerprint density at radius 2 is 2.15 bits per heavy atom. The molecule has 3 rings (SSSR count). The first-order valence-electron chi connectivity index (χ1n) is 8.40. The minimum absolute atomic E-state index is 0.142. The summed E-state index contributed by atoms with van der Waals surface area (Å²) in [4.78, 5) is 16.6. The van der Waals surface area contributed by atoms with E-state index in [9.17, 15) is 9.90 Å². The van der Waals surface area contributed by atoms with E-state index in [4.69, 9.17) is 21.1 Å². The van der Waals surface area contributed by atoms with E-state index >= 15 is 0 Å². The number of methoxy groups -OCH3 is 1. The predicted molar refractivity (Wildman–Crippen MR) is 97.4 cm³/mol. The molecule has 7 heteroatoms. The molecular weight excluding hydrogens is 356 g/mol. The summed E-state index contributed by atoms with van der Waals surface area (Å²) in [6.45, 7) is -0.146. The van der Waals surface area contributed by atoms with Crippen LogP contribution in [0.5, 0.6) is 11.5 Å². The topological polar surface area (TPSA) is 80.7 Å². The molecule has 0 aliphatic heterocycles. The van der Waals surface area contributed by atoms with Crippen LogP contribution in [0.15, 0.2) is 42.7 Å². The van der Waals surface area contributed by atoms with Crippen LogP contribution in [0.3, 0.4) is 0 Å². The summed E-state index contributed by atoms with van der Waals surface area (Å²) in [5, 5.41) is 13.1. The first-order chi connectivity index (χ1) is 12.6. The summed E-state index contributed by atoms with van der Waals surface area (Å²) >= 11 is 6.03. The molecule has 1 unspecified atom stereocenters. The number of hydrogen-bond acceptors (Lipinski definition) is 5. The van der Waals surface area contributed by atoms with Crippen molar-refractivity contribution in [3.05, 3.63) is 53.3 Å². The Morgan fingerprint density at radius 1 is 1.38 bits per heavy atom. The number of carbonyl (C=O) groups excluding carboxylic acids is 1. The molecular formula is C19H21ClN2O4. The first kappa shape index (κ1) is 18.5. The Labute approximate surface area is 157 Å². The highest BCUT2D eigenvalue weighted by atomic mass is 35.5. The van der Waals surface area contributed by atoms with Gasteiger partial charge in [0.05, 0.1) is 30.5 Å². The van der Waals surface area contributed by atoms with E-state index in [1.807, 2.05) is 6.07 Å². The maximum Gasteiger partial charge on any atom is 0.258 e. The lowest BCUT2D eigenvalue weighted by molar-refractivity contribution is -0.125. The zero-order valence-corrected chi connectivity index (χ0v) is 15.1. The number of aliphatic hydroxyl groups is 1. The van der Waals surface area contributed by atoms with Gasteiger partial charge in [0.2, 0.25) is 0 Å². The first-order valence-corrected chi connectivity index (χ1v) is 8.78. The van der Waals surface area contributed by atoms with Crippen LogP contribution < -0.4 is 14.8 Å². The fraction of sp³-hybridized carbons (Fsp3) is 0.368. The number of ether oxygens (including phenoxy) is 2. The maximum absolute atomic E-state index is 12.4. The standard InChI is InChI=1S/C19H21ClN2O4/c1-25-15-8-13(9-21-10-15)19(12-6-14(23)7-12)22-18(24)11-26-17-5-3-2-4-16(17)20/h2-5,8-10,12,14,19,23H,6-7,11H2,1H3,(H,22,24). The molecule has 1 amide bonds. The van der Waals surface area contributed by atoms with Gasteiger partial charge in [0, 0.05) is 6.20 Å². The van der Waals surface area contributed by atoms with Gasteiger partial charge in [-0.05, 0) is 42.5 Å². The van der Waals surface area contributed by atoms with Gasteiger partial charge in [0.15, 0.2) is 6.61 Å². The highest BCUT2D eigenvalue weighted by molar-refractivity contribution is 6.32. The molecule has 1 aromatic heterocycles.